The van der Waals surface area contributed by atoms with Gasteiger partial charge in [0.2, 0.25) is 0 Å². The van der Waals surface area contributed by atoms with Gasteiger partial charge in [0.1, 0.15) is 6.61 Å². The van der Waals surface area contributed by atoms with Crippen LogP contribution in [0.15, 0.2) is 42.7 Å². The number of rotatable bonds is 6. The Morgan fingerprint density at radius 2 is 2.03 bits per heavy atom. The number of nitrogens with two attached hydrogens (primary N) is 1. The number of nitrogen functional groups attached to an aromatic ring is 1. The smallest absolute Gasteiger partial charge is 0.166 e. The lowest BCUT2D eigenvalue weighted by Gasteiger charge is -2.27. The maximum Gasteiger partial charge on any atom is 0.166 e. The maximum atomic E-state index is 9.46. The third-order valence-corrected chi connectivity index (χ3v) is 7.92. The number of hydrogen-bond donors (Lipinski definition) is 2. The summed E-state index contributed by atoms with van der Waals surface area (Å²) in [6.07, 6.45) is 7.99. The average molecular weight is 475 g/mol. The minimum Gasteiger partial charge on any atom is -0.485 e. The van der Waals surface area contributed by atoms with Crippen LogP contribution in [-0.4, -0.2) is 46.7 Å². The predicted molar refractivity (Wildman–Crippen MR) is 136 cm³/mol. The van der Waals surface area contributed by atoms with E-state index in [1.54, 1.807) is 17.5 Å². The van der Waals surface area contributed by atoms with E-state index in [1.807, 2.05) is 36.5 Å². The highest BCUT2D eigenvalue weighted by Gasteiger charge is 2.40. The molecule has 2 fully saturated rings. The van der Waals surface area contributed by atoms with Crippen LogP contribution in [0, 0.1) is 17.3 Å². The summed E-state index contributed by atoms with van der Waals surface area (Å²) in [5, 5.41) is 10.7. The first-order valence-corrected chi connectivity index (χ1v) is 12.6. The molecule has 0 spiro atoms. The second-order valence-corrected chi connectivity index (χ2v) is 10.5. The molecule has 1 saturated carbocycles. The number of thiazole rings is 1. The van der Waals surface area contributed by atoms with Crippen LogP contribution in [0.3, 0.4) is 0 Å². The summed E-state index contributed by atoms with van der Waals surface area (Å²) in [5.74, 6) is 7.90. The Balaban J connectivity index is 1.27. The Kier molecular flexibility index (Phi) is 6.55. The zero-order valence-electron chi connectivity index (χ0n) is 19.5. The fourth-order valence-electron chi connectivity index (χ4n) is 4.15. The van der Waals surface area contributed by atoms with Gasteiger partial charge < -0.3 is 20.5 Å². The summed E-state index contributed by atoms with van der Waals surface area (Å²) in [7, 11) is 2.18. The SMILES string of the molecule is CN1CCC(c2ncc(-c3cnc(N)c(OCc4cccc(C#CC5(CO)CC5)c4)c3)s2)CC1. The zero-order valence-corrected chi connectivity index (χ0v) is 20.3. The number of aliphatic hydroxyl groups excluding tert-OH is 1. The van der Waals surface area contributed by atoms with Crippen LogP contribution in [0.1, 0.15) is 47.7 Å². The molecule has 0 bridgehead atoms. The Hall–Kier alpha value is -2.92. The molecule has 5 rings (SSSR count). The molecule has 1 aliphatic carbocycles. The molecule has 1 aromatic carbocycles. The number of pyridine rings is 1. The molecule has 3 N–H and O–H groups in total. The molecular weight excluding hydrogens is 444 g/mol. The lowest BCUT2D eigenvalue weighted by atomic mass is 9.98. The lowest BCUT2D eigenvalue weighted by molar-refractivity contribution is 0.247. The average Bonchev–Trinajstić information content (AvgIpc) is 3.49. The van der Waals surface area contributed by atoms with Gasteiger partial charge in [0, 0.05) is 29.4 Å². The fourth-order valence-corrected chi connectivity index (χ4v) is 5.22. The Morgan fingerprint density at radius 1 is 1.21 bits per heavy atom. The normalized spacial score (nSPS) is 17.7. The van der Waals surface area contributed by atoms with E-state index in [1.165, 1.54) is 5.01 Å². The van der Waals surface area contributed by atoms with Crippen molar-refractivity contribution in [2.75, 3.05) is 32.5 Å². The number of likely N-dealkylation sites (tertiary alicyclic amines) is 1. The molecule has 3 heterocycles. The molecule has 34 heavy (non-hydrogen) atoms. The van der Waals surface area contributed by atoms with Crippen LogP contribution in [0.2, 0.25) is 0 Å². The highest BCUT2D eigenvalue weighted by atomic mass is 32.1. The van der Waals surface area contributed by atoms with Crippen molar-refractivity contribution in [3.8, 4) is 28.0 Å². The third kappa shape index (κ3) is 5.25. The van der Waals surface area contributed by atoms with Crippen molar-refractivity contribution in [2.24, 2.45) is 5.41 Å². The van der Waals surface area contributed by atoms with E-state index in [0.717, 1.165) is 60.3 Å². The first-order valence-electron chi connectivity index (χ1n) is 11.8. The molecule has 176 valence electrons. The van der Waals surface area contributed by atoms with E-state index in [9.17, 15) is 5.11 Å². The molecule has 7 heteroatoms. The van der Waals surface area contributed by atoms with Gasteiger partial charge in [-0.3, -0.25) is 0 Å². The number of benzene rings is 1. The fraction of sp³-hybridized carbons (Fsp3) is 0.407. The number of aliphatic hydroxyl groups is 1. The highest BCUT2D eigenvalue weighted by molar-refractivity contribution is 7.15. The first-order chi connectivity index (χ1) is 16.5. The van der Waals surface area contributed by atoms with Gasteiger partial charge in [0.05, 0.1) is 21.9 Å². The van der Waals surface area contributed by atoms with Gasteiger partial charge in [-0.25, -0.2) is 9.97 Å². The summed E-state index contributed by atoms with van der Waals surface area (Å²) >= 11 is 1.74. The van der Waals surface area contributed by atoms with E-state index < -0.39 is 0 Å². The third-order valence-electron chi connectivity index (χ3n) is 6.71. The van der Waals surface area contributed by atoms with E-state index in [-0.39, 0.29) is 12.0 Å². The van der Waals surface area contributed by atoms with Crippen molar-refractivity contribution >= 4 is 17.2 Å². The molecule has 0 atom stereocenters. The topological polar surface area (TPSA) is 84.5 Å². The number of nitrogens with zero attached hydrogens (tertiary/aromatic N) is 3. The van der Waals surface area contributed by atoms with Crippen molar-refractivity contribution in [1.29, 1.82) is 0 Å². The van der Waals surface area contributed by atoms with Gasteiger partial charge in [0.15, 0.2) is 11.6 Å². The molecule has 0 amide bonds. The van der Waals surface area contributed by atoms with Gasteiger partial charge in [-0.15, -0.1) is 11.3 Å². The lowest BCUT2D eigenvalue weighted by Crippen LogP contribution is -2.29. The van der Waals surface area contributed by atoms with E-state index in [4.69, 9.17) is 15.5 Å². The van der Waals surface area contributed by atoms with Crippen LogP contribution < -0.4 is 10.5 Å². The highest BCUT2D eigenvalue weighted by Crippen LogP contribution is 2.44. The minimum absolute atomic E-state index is 0.130. The summed E-state index contributed by atoms with van der Waals surface area (Å²) < 4.78 is 6.06. The van der Waals surface area contributed by atoms with Gasteiger partial charge in [-0.2, -0.15) is 0 Å². The molecule has 0 radical (unpaired) electrons. The van der Waals surface area contributed by atoms with Crippen LogP contribution in [0.5, 0.6) is 5.75 Å². The molecule has 6 nitrogen and oxygen atoms in total. The van der Waals surface area contributed by atoms with E-state index >= 15 is 0 Å². The molecule has 2 aliphatic rings. The van der Waals surface area contributed by atoms with Crippen molar-refractivity contribution in [3.05, 3.63) is 58.9 Å². The second-order valence-electron chi connectivity index (χ2n) is 9.43. The minimum atomic E-state index is -0.184. The Bertz CT molecular complexity index is 1220. The summed E-state index contributed by atoms with van der Waals surface area (Å²) in [6, 6.07) is 9.93. The monoisotopic (exact) mass is 474 g/mol. The van der Waals surface area contributed by atoms with Crippen molar-refractivity contribution in [2.45, 2.75) is 38.2 Å². The van der Waals surface area contributed by atoms with Crippen molar-refractivity contribution in [1.82, 2.24) is 14.9 Å². The van der Waals surface area contributed by atoms with Crippen LogP contribution in [0.25, 0.3) is 10.4 Å². The first kappa shape index (κ1) is 22.9. The Morgan fingerprint density at radius 3 is 2.79 bits per heavy atom. The van der Waals surface area contributed by atoms with Crippen LogP contribution in [-0.2, 0) is 6.61 Å². The van der Waals surface area contributed by atoms with Gasteiger partial charge in [0.25, 0.3) is 0 Å². The zero-order chi connectivity index (χ0) is 23.5. The largest absolute Gasteiger partial charge is 0.485 e. The molecular formula is C27H30N4O2S. The molecule has 2 aromatic heterocycles. The van der Waals surface area contributed by atoms with E-state index in [2.05, 4.69) is 28.8 Å². The molecule has 1 aliphatic heterocycles. The van der Waals surface area contributed by atoms with Crippen molar-refractivity contribution < 1.29 is 9.84 Å². The molecule has 0 unspecified atom stereocenters. The maximum absolute atomic E-state index is 9.46. The number of piperidine rings is 1. The predicted octanol–water partition coefficient (Wildman–Crippen LogP) is 4.30. The van der Waals surface area contributed by atoms with E-state index in [0.29, 0.717) is 24.1 Å². The summed E-state index contributed by atoms with van der Waals surface area (Å²) in [6.45, 7) is 2.75. The van der Waals surface area contributed by atoms with Gasteiger partial charge in [-0.05, 0) is 69.6 Å². The number of anilines is 1. The summed E-state index contributed by atoms with van der Waals surface area (Å²) in [5.41, 5.74) is 8.83. The standard InChI is InChI=1S/C27H30N4O2S/c1-31-11-6-21(7-12-31)26-30-16-24(34-26)22-14-23(25(28)29-15-22)33-17-20-4-2-3-19(13-20)5-8-27(18-32)9-10-27/h2-4,13-16,21,32H,6-7,9-12,17-18H2,1H3,(H2,28,29). The number of aromatic nitrogens is 2. The Labute approximate surface area is 204 Å². The van der Waals surface area contributed by atoms with Crippen LogP contribution >= 0.6 is 11.3 Å². The van der Waals surface area contributed by atoms with Crippen LogP contribution in [0.4, 0.5) is 5.82 Å². The molecule has 3 aromatic rings. The number of ether oxygens (including phenoxy) is 1. The summed E-state index contributed by atoms with van der Waals surface area (Å²) in [4.78, 5) is 12.5. The number of hydrogen-bond acceptors (Lipinski definition) is 7. The van der Waals surface area contributed by atoms with Gasteiger partial charge >= 0.3 is 0 Å². The quantitative estimate of drug-likeness (QED) is 0.518. The van der Waals surface area contributed by atoms with Crippen molar-refractivity contribution in [3.63, 3.8) is 0 Å². The molecule has 1 saturated heterocycles. The van der Waals surface area contributed by atoms with Gasteiger partial charge in [-0.1, -0.05) is 24.0 Å². The second kappa shape index (κ2) is 9.75.